The molecule has 2 rings (SSSR count). The fourth-order valence-corrected chi connectivity index (χ4v) is 2.29. The van der Waals surface area contributed by atoms with Gasteiger partial charge in [0.15, 0.2) is 0 Å². The summed E-state index contributed by atoms with van der Waals surface area (Å²) in [6, 6.07) is 8.88. The molecular weight excluding hydrogens is 224 g/mol. The van der Waals surface area contributed by atoms with Crippen molar-refractivity contribution >= 4 is 28.7 Å². The number of nitrogens with two attached hydrogens (primary N) is 2. The molecule has 1 aromatic carbocycles. The predicted molar refractivity (Wildman–Crippen MR) is 65.5 cm³/mol. The average Bonchev–Trinajstić information content (AvgIpc) is 2.61. The van der Waals surface area contributed by atoms with E-state index in [1.54, 1.807) is 18.2 Å². The van der Waals surface area contributed by atoms with E-state index in [-0.39, 0.29) is 4.88 Å². The molecule has 16 heavy (non-hydrogen) atoms. The zero-order valence-corrected chi connectivity index (χ0v) is 9.12. The molecule has 0 spiro atoms. The maximum atomic E-state index is 10.8. The molecule has 0 amide bonds. The number of hydrogen-bond donors (Lipinski definition) is 3. The summed E-state index contributed by atoms with van der Waals surface area (Å²) in [4.78, 5) is 11.8. The second kappa shape index (κ2) is 3.86. The van der Waals surface area contributed by atoms with Crippen molar-refractivity contribution in [3.63, 3.8) is 0 Å². The van der Waals surface area contributed by atoms with Gasteiger partial charge in [-0.2, -0.15) is 0 Å². The zero-order chi connectivity index (χ0) is 11.7. The summed E-state index contributed by atoms with van der Waals surface area (Å²) in [6.07, 6.45) is 0. The number of carboxylic acids is 1. The lowest BCUT2D eigenvalue weighted by Crippen LogP contribution is -1.96. The molecule has 0 saturated carbocycles. The molecule has 1 heterocycles. The predicted octanol–water partition coefficient (Wildman–Crippen LogP) is 2.28. The molecule has 1 aromatic heterocycles. The maximum absolute atomic E-state index is 10.8. The van der Waals surface area contributed by atoms with Crippen molar-refractivity contribution in [1.29, 1.82) is 0 Å². The minimum Gasteiger partial charge on any atom is -0.477 e. The van der Waals surface area contributed by atoms with Crippen molar-refractivity contribution in [2.24, 2.45) is 0 Å². The third-order valence-corrected chi connectivity index (χ3v) is 3.34. The van der Waals surface area contributed by atoms with E-state index in [1.807, 2.05) is 12.1 Å². The Bertz CT molecular complexity index is 531. The largest absolute Gasteiger partial charge is 0.477 e. The highest BCUT2D eigenvalue weighted by molar-refractivity contribution is 7.17. The molecule has 82 valence electrons. The molecule has 4 nitrogen and oxygen atoms in total. The van der Waals surface area contributed by atoms with Crippen LogP contribution in [0.4, 0.5) is 11.4 Å². The molecule has 0 aliphatic heterocycles. The maximum Gasteiger partial charge on any atom is 0.348 e. The Hall–Kier alpha value is -2.01. The first-order valence-corrected chi connectivity index (χ1v) is 5.38. The number of anilines is 2. The molecule has 0 aliphatic rings. The molecule has 2 aromatic rings. The van der Waals surface area contributed by atoms with Crippen LogP contribution >= 0.6 is 11.3 Å². The topological polar surface area (TPSA) is 89.3 Å². The standard InChI is InChI=1S/C11H10N2O2S/c12-7-3-1-6(2-4-7)9-5-8(13)10(16-9)11(14)15/h1-5H,12-13H2,(H,14,15). The van der Waals surface area contributed by atoms with Crippen LogP contribution in [-0.2, 0) is 0 Å². The van der Waals surface area contributed by atoms with E-state index in [2.05, 4.69) is 0 Å². The van der Waals surface area contributed by atoms with Crippen LogP contribution in [0.15, 0.2) is 30.3 Å². The first kappa shape index (κ1) is 10.5. The molecule has 5 heteroatoms. The highest BCUT2D eigenvalue weighted by Gasteiger charge is 2.13. The third-order valence-electron chi connectivity index (χ3n) is 2.15. The van der Waals surface area contributed by atoms with E-state index in [9.17, 15) is 4.79 Å². The van der Waals surface area contributed by atoms with Gasteiger partial charge in [0.25, 0.3) is 0 Å². The minimum atomic E-state index is -0.996. The quantitative estimate of drug-likeness (QED) is 0.695. The molecule has 0 bridgehead atoms. The van der Waals surface area contributed by atoms with Crippen LogP contribution < -0.4 is 11.5 Å². The average molecular weight is 234 g/mol. The molecule has 0 unspecified atom stereocenters. The van der Waals surface area contributed by atoms with Crippen molar-refractivity contribution in [3.05, 3.63) is 35.2 Å². The number of carbonyl (C=O) groups is 1. The molecule has 0 saturated heterocycles. The Morgan fingerprint density at radius 1 is 1.19 bits per heavy atom. The molecule has 0 atom stereocenters. The van der Waals surface area contributed by atoms with E-state index in [0.29, 0.717) is 11.4 Å². The summed E-state index contributed by atoms with van der Waals surface area (Å²) >= 11 is 1.16. The van der Waals surface area contributed by atoms with Gasteiger partial charge in [0.05, 0.1) is 5.69 Å². The second-order valence-electron chi connectivity index (χ2n) is 3.32. The lowest BCUT2D eigenvalue weighted by Gasteiger charge is -1.97. The number of carboxylic acid groups (broad SMARTS) is 1. The van der Waals surface area contributed by atoms with Gasteiger partial charge in [-0.25, -0.2) is 4.79 Å². The van der Waals surface area contributed by atoms with Gasteiger partial charge < -0.3 is 16.6 Å². The Kier molecular flexibility index (Phi) is 2.54. The van der Waals surface area contributed by atoms with E-state index in [0.717, 1.165) is 21.8 Å². The van der Waals surface area contributed by atoms with Gasteiger partial charge in [0.1, 0.15) is 4.88 Å². The van der Waals surface area contributed by atoms with Gasteiger partial charge in [-0.05, 0) is 23.8 Å². The minimum absolute atomic E-state index is 0.173. The Balaban J connectivity index is 2.45. The number of aromatic carboxylic acids is 1. The zero-order valence-electron chi connectivity index (χ0n) is 8.31. The number of benzene rings is 1. The summed E-state index contributed by atoms with van der Waals surface area (Å²) in [6.45, 7) is 0. The summed E-state index contributed by atoms with van der Waals surface area (Å²) in [7, 11) is 0. The van der Waals surface area contributed by atoms with Crippen molar-refractivity contribution in [2.75, 3.05) is 11.5 Å². The van der Waals surface area contributed by atoms with Gasteiger partial charge in [-0.3, -0.25) is 0 Å². The lowest BCUT2D eigenvalue weighted by molar-refractivity contribution is 0.0703. The molecular formula is C11H10N2O2S. The second-order valence-corrected chi connectivity index (χ2v) is 4.37. The Labute approximate surface area is 96.1 Å². The van der Waals surface area contributed by atoms with Crippen LogP contribution in [-0.4, -0.2) is 11.1 Å². The number of thiophene rings is 1. The van der Waals surface area contributed by atoms with Crippen LogP contribution in [0.25, 0.3) is 10.4 Å². The number of rotatable bonds is 2. The molecule has 0 fully saturated rings. The Morgan fingerprint density at radius 3 is 2.31 bits per heavy atom. The number of hydrogen-bond acceptors (Lipinski definition) is 4. The van der Waals surface area contributed by atoms with Gasteiger partial charge in [-0.15, -0.1) is 11.3 Å². The first-order chi connectivity index (χ1) is 7.58. The molecule has 5 N–H and O–H groups in total. The highest BCUT2D eigenvalue weighted by atomic mass is 32.1. The van der Waals surface area contributed by atoms with Gasteiger partial charge in [-0.1, -0.05) is 12.1 Å². The van der Waals surface area contributed by atoms with E-state index in [4.69, 9.17) is 16.6 Å². The lowest BCUT2D eigenvalue weighted by atomic mass is 10.2. The van der Waals surface area contributed by atoms with Gasteiger partial charge in [0.2, 0.25) is 0 Å². The number of nitrogen functional groups attached to an aromatic ring is 2. The summed E-state index contributed by atoms with van der Waals surface area (Å²) in [5.41, 5.74) is 13.1. The monoisotopic (exact) mass is 234 g/mol. The normalized spacial score (nSPS) is 10.2. The summed E-state index contributed by atoms with van der Waals surface area (Å²) < 4.78 is 0. The van der Waals surface area contributed by atoms with Crippen LogP contribution in [0.1, 0.15) is 9.67 Å². The molecule has 0 radical (unpaired) electrons. The fourth-order valence-electron chi connectivity index (χ4n) is 1.36. The third kappa shape index (κ3) is 1.85. The van der Waals surface area contributed by atoms with Crippen molar-refractivity contribution in [3.8, 4) is 10.4 Å². The Morgan fingerprint density at radius 2 is 1.81 bits per heavy atom. The van der Waals surface area contributed by atoms with E-state index < -0.39 is 5.97 Å². The van der Waals surface area contributed by atoms with Crippen molar-refractivity contribution < 1.29 is 9.90 Å². The van der Waals surface area contributed by atoms with Crippen LogP contribution in [0, 0.1) is 0 Å². The smallest absolute Gasteiger partial charge is 0.348 e. The molecule has 0 aliphatic carbocycles. The van der Waals surface area contributed by atoms with Crippen LogP contribution in [0.3, 0.4) is 0 Å². The SMILES string of the molecule is Nc1ccc(-c2cc(N)c(C(=O)O)s2)cc1. The van der Waals surface area contributed by atoms with Gasteiger partial charge >= 0.3 is 5.97 Å². The van der Waals surface area contributed by atoms with Crippen molar-refractivity contribution in [2.45, 2.75) is 0 Å². The first-order valence-electron chi connectivity index (χ1n) is 4.56. The van der Waals surface area contributed by atoms with Crippen molar-refractivity contribution in [1.82, 2.24) is 0 Å². The summed E-state index contributed by atoms with van der Waals surface area (Å²) in [5, 5.41) is 8.88. The highest BCUT2D eigenvalue weighted by Crippen LogP contribution is 2.33. The fraction of sp³-hybridized carbons (Fsp3) is 0. The van der Waals surface area contributed by atoms with Crippen LogP contribution in [0.5, 0.6) is 0 Å². The van der Waals surface area contributed by atoms with E-state index >= 15 is 0 Å². The van der Waals surface area contributed by atoms with Crippen LogP contribution in [0.2, 0.25) is 0 Å². The van der Waals surface area contributed by atoms with E-state index in [1.165, 1.54) is 0 Å². The summed E-state index contributed by atoms with van der Waals surface area (Å²) in [5.74, 6) is -0.996. The van der Waals surface area contributed by atoms with Gasteiger partial charge in [0, 0.05) is 10.6 Å².